The van der Waals surface area contributed by atoms with Gasteiger partial charge in [-0.1, -0.05) is 121 Å². The molecule has 0 radical (unpaired) electrons. The molecule has 5 heteroatoms. The van der Waals surface area contributed by atoms with Crippen molar-refractivity contribution >= 4 is 22.5 Å². The first-order chi connectivity index (χ1) is 20.2. The van der Waals surface area contributed by atoms with Gasteiger partial charge < -0.3 is 18.9 Å². The summed E-state index contributed by atoms with van der Waals surface area (Å²) in [6.45, 7) is 2.96. The molecular weight excluding hydrogens is 528 g/mol. The molecule has 5 aromatic carbocycles. The molecule has 0 saturated carbocycles. The molecule has 0 aliphatic carbocycles. The summed E-state index contributed by atoms with van der Waals surface area (Å²) >= 11 is 1.66. The summed E-state index contributed by atoms with van der Waals surface area (Å²) in [5.41, 5.74) is 1.92. The van der Waals surface area contributed by atoms with Crippen molar-refractivity contribution in [2.24, 2.45) is 0 Å². The lowest BCUT2D eigenvalue weighted by atomic mass is 9.99. The molecule has 4 nitrogen and oxygen atoms in total. The number of hydrogen-bond acceptors (Lipinski definition) is 5. The molecule has 41 heavy (non-hydrogen) atoms. The molecule has 1 saturated heterocycles. The lowest BCUT2D eigenvalue weighted by Gasteiger charge is -2.45. The third-order valence-electron chi connectivity index (χ3n) is 7.29. The number of rotatable bonds is 10. The van der Waals surface area contributed by atoms with Crippen molar-refractivity contribution in [1.29, 1.82) is 0 Å². The van der Waals surface area contributed by atoms with Crippen molar-refractivity contribution in [2.75, 3.05) is 0 Å². The van der Waals surface area contributed by atoms with Crippen LogP contribution in [0.2, 0.25) is 0 Å². The smallest absolute Gasteiger partial charge is 0.153 e. The fraction of sp³-hybridized carbons (Fsp3) is 0.222. The van der Waals surface area contributed by atoms with E-state index in [1.807, 2.05) is 72.8 Å². The molecule has 0 bridgehead atoms. The predicted octanol–water partition coefficient (Wildman–Crippen LogP) is 8.30. The van der Waals surface area contributed by atoms with E-state index >= 15 is 0 Å². The molecule has 1 heterocycles. The first-order valence-corrected chi connectivity index (χ1v) is 14.9. The Morgan fingerprint density at radius 2 is 1.15 bits per heavy atom. The van der Waals surface area contributed by atoms with Gasteiger partial charge in [-0.25, -0.2) is 0 Å². The van der Waals surface area contributed by atoms with Gasteiger partial charge >= 0.3 is 0 Å². The normalized spacial score (nSPS) is 22.4. The van der Waals surface area contributed by atoms with Crippen molar-refractivity contribution in [1.82, 2.24) is 0 Å². The minimum atomic E-state index is -0.384. The Hall–Kier alpha value is -3.61. The number of thioether (sulfide) groups is 1. The number of benzene rings is 5. The third kappa shape index (κ3) is 7.00. The summed E-state index contributed by atoms with van der Waals surface area (Å²) in [7, 11) is 0. The van der Waals surface area contributed by atoms with Crippen LogP contribution in [0.5, 0.6) is 5.75 Å². The van der Waals surface area contributed by atoms with E-state index in [4.69, 9.17) is 18.9 Å². The highest BCUT2D eigenvalue weighted by Gasteiger charge is 2.48. The molecule has 6 rings (SSSR count). The molecule has 0 aromatic heterocycles. The van der Waals surface area contributed by atoms with E-state index < -0.39 is 0 Å². The van der Waals surface area contributed by atoms with E-state index in [9.17, 15) is 0 Å². The molecule has 0 spiro atoms. The van der Waals surface area contributed by atoms with Crippen LogP contribution in [0.4, 0.5) is 0 Å². The minimum Gasteiger partial charge on any atom is -0.485 e. The lowest BCUT2D eigenvalue weighted by molar-refractivity contribution is -0.221. The zero-order valence-electron chi connectivity index (χ0n) is 23.0. The Labute approximate surface area is 246 Å². The van der Waals surface area contributed by atoms with Crippen molar-refractivity contribution in [3.05, 3.63) is 145 Å². The monoisotopic (exact) mass is 562 g/mol. The summed E-state index contributed by atoms with van der Waals surface area (Å²) in [6, 6.07) is 45.3. The van der Waals surface area contributed by atoms with Crippen LogP contribution >= 0.6 is 11.8 Å². The summed E-state index contributed by atoms with van der Waals surface area (Å²) in [5, 5.41) is 2.30. The Kier molecular flexibility index (Phi) is 8.98. The Morgan fingerprint density at radius 1 is 0.585 bits per heavy atom. The number of ether oxygens (including phenoxy) is 4. The quantitative estimate of drug-likeness (QED) is 0.171. The van der Waals surface area contributed by atoms with Crippen molar-refractivity contribution < 1.29 is 18.9 Å². The number of hydrogen-bond donors (Lipinski definition) is 0. The van der Waals surface area contributed by atoms with Crippen LogP contribution in [-0.2, 0) is 27.4 Å². The lowest BCUT2D eigenvalue weighted by Crippen LogP contribution is -2.59. The average molecular weight is 563 g/mol. The van der Waals surface area contributed by atoms with Crippen LogP contribution in [0.3, 0.4) is 0 Å². The van der Waals surface area contributed by atoms with Gasteiger partial charge in [-0.05, 0) is 53.1 Å². The second-order valence-electron chi connectivity index (χ2n) is 10.3. The maximum atomic E-state index is 6.74. The Morgan fingerprint density at radius 3 is 1.80 bits per heavy atom. The molecule has 1 fully saturated rings. The molecular formula is C36H34O4S. The molecule has 5 aromatic rings. The van der Waals surface area contributed by atoms with Gasteiger partial charge in [0.2, 0.25) is 0 Å². The highest BCUT2D eigenvalue weighted by molar-refractivity contribution is 7.99. The fourth-order valence-electron chi connectivity index (χ4n) is 5.16. The zero-order chi connectivity index (χ0) is 27.9. The molecule has 208 valence electrons. The average Bonchev–Trinajstić information content (AvgIpc) is 3.02. The van der Waals surface area contributed by atoms with Crippen LogP contribution < -0.4 is 4.74 Å². The summed E-state index contributed by atoms with van der Waals surface area (Å²) < 4.78 is 26.8. The number of fused-ring (bicyclic) bond motifs is 1. The SMILES string of the molecule is C[C@@H]1O[C@@H](Sc2ccccc2)[C@@H](OCc2ccccc2)[C@H](OCc2ccccc2)[C@@H]1Oc1ccc2ccccc2c1. The van der Waals surface area contributed by atoms with Crippen LogP contribution in [0, 0.1) is 0 Å². The maximum absolute atomic E-state index is 6.74. The van der Waals surface area contributed by atoms with Crippen molar-refractivity contribution in [3.8, 4) is 5.75 Å². The van der Waals surface area contributed by atoms with E-state index in [2.05, 4.69) is 67.6 Å². The second-order valence-corrected chi connectivity index (χ2v) is 11.4. The van der Waals surface area contributed by atoms with Gasteiger partial charge in [-0.3, -0.25) is 0 Å². The van der Waals surface area contributed by atoms with E-state index in [0.29, 0.717) is 13.2 Å². The topological polar surface area (TPSA) is 36.9 Å². The van der Waals surface area contributed by atoms with E-state index in [1.54, 1.807) is 11.8 Å². The highest BCUT2D eigenvalue weighted by Crippen LogP contribution is 2.38. The van der Waals surface area contributed by atoms with Crippen LogP contribution in [-0.4, -0.2) is 29.9 Å². The summed E-state index contributed by atoms with van der Waals surface area (Å²) in [6.07, 6.45) is -1.38. The highest BCUT2D eigenvalue weighted by atomic mass is 32.2. The minimum absolute atomic E-state index is 0.236. The van der Waals surface area contributed by atoms with E-state index in [-0.39, 0.29) is 29.9 Å². The van der Waals surface area contributed by atoms with Crippen LogP contribution in [0.1, 0.15) is 18.1 Å². The Balaban J connectivity index is 1.32. The van der Waals surface area contributed by atoms with E-state index in [1.165, 1.54) is 5.39 Å². The first-order valence-electron chi connectivity index (χ1n) is 14.1. The van der Waals surface area contributed by atoms with Gasteiger partial charge in [0.25, 0.3) is 0 Å². The fourth-order valence-corrected chi connectivity index (χ4v) is 6.34. The van der Waals surface area contributed by atoms with Gasteiger partial charge in [0.05, 0.1) is 19.3 Å². The zero-order valence-corrected chi connectivity index (χ0v) is 23.9. The van der Waals surface area contributed by atoms with Gasteiger partial charge in [-0.15, -0.1) is 0 Å². The molecule has 1 aliphatic heterocycles. The van der Waals surface area contributed by atoms with Gasteiger partial charge in [0.15, 0.2) is 6.10 Å². The summed E-state index contributed by atoms with van der Waals surface area (Å²) in [5.74, 6) is 0.786. The third-order valence-corrected chi connectivity index (χ3v) is 8.44. The second kappa shape index (κ2) is 13.4. The molecule has 1 aliphatic rings. The van der Waals surface area contributed by atoms with Crippen molar-refractivity contribution in [2.45, 2.75) is 54.9 Å². The molecule has 0 N–H and O–H groups in total. The van der Waals surface area contributed by atoms with Gasteiger partial charge in [0.1, 0.15) is 23.4 Å². The standard InChI is InChI=1S/C36H34O4S/c1-26-33(40-31-22-21-29-17-11-12-18-30(29)23-31)34(37-24-27-13-5-2-6-14-27)35(38-25-28-15-7-3-8-16-28)36(39-26)41-32-19-9-4-10-20-32/h2-23,26,33-36H,24-25H2,1H3/t26-,33+,34+,35-,36-/m0/s1. The van der Waals surface area contributed by atoms with Crippen LogP contribution in [0.25, 0.3) is 10.8 Å². The van der Waals surface area contributed by atoms with E-state index in [0.717, 1.165) is 27.2 Å². The van der Waals surface area contributed by atoms with Crippen LogP contribution in [0.15, 0.2) is 138 Å². The predicted molar refractivity (Wildman–Crippen MR) is 165 cm³/mol. The Bertz CT molecular complexity index is 1510. The molecule has 0 amide bonds. The molecule has 5 atom stereocenters. The van der Waals surface area contributed by atoms with Gasteiger partial charge in [0, 0.05) is 4.90 Å². The van der Waals surface area contributed by atoms with Crippen molar-refractivity contribution in [3.63, 3.8) is 0 Å². The first kappa shape index (κ1) is 27.6. The largest absolute Gasteiger partial charge is 0.485 e. The molecule has 0 unspecified atom stereocenters. The maximum Gasteiger partial charge on any atom is 0.153 e. The van der Waals surface area contributed by atoms with Gasteiger partial charge in [-0.2, -0.15) is 0 Å². The summed E-state index contributed by atoms with van der Waals surface area (Å²) in [4.78, 5) is 1.12.